The number of anilines is 1. The van der Waals surface area contributed by atoms with Gasteiger partial charge in [-0.2, -0.15) is 4.31 Å². The molecule has 0 spiro atoms. The number of nitrogens with zero attached hydrogens (tertiary/aromatic N) is 1. The number of amides is 1. The fourth-order valence-electron chi connectivity index (χ4n) is 3.45. The number of sulfonamides is 1. The number of morpholine rings is 1. The number of nitrogens with one attached hydrogen (secondary N) is 1. The van der Waals surface area contributed by atoms with E-state index in [-0.39, 0.29) is 10.8 Å². The van der Waals surface area contributed by atoms with E-state index in [2.05, 4.69) is 5.32 Å². The summed E-state index contributed by atoms with van der Waals surface area (Å²) in [6.07, 6.45) is 7.17. The first-order valence-corrected chi connectivity index (χ1v) is 12.2. The third kappa shape index (κ3) is 5.78. The van der Waals surface area contributed by atoms with Crippen molar-refractivity contribution in [2.45, 2.75) is 13.3 Å². The molecule has 33 heavy (non-hydrogen) atoms. The number of aryl methyl sites for hydroxylation is 1. The van der Waals surface area contributed by atoms with Gasteiger partial charge in [0.25, 0.3) is 5.91 Å². The number of carbonyl (C=O) groups is 1. The van der Waals surface area contributed by atoms with Crippen LogP contribution < -0.4 is 10.1 Å². The molecule has 2 aliphatic rings. The van der Waals surface area contributed by atoms with E-state index in [0.29, 0.717) is 55.5 Å². The molecule has 172 valence electrons. The Morgan fingerprint density at radius 1 is 0.970 bits per heavy atom. The topological polar surface area (TPSA) is 84.9 Å². The fraction of sp³-hybridized carbons (Fsp3) is 0.240. The van der Waals surface area contributed by atoms with Crippen molar-refractivity contribution in [1.29, 1.82) is 0 Å². The van der Waals surface area contributed by atoms with Crippen molar-refractivity contribution in [3.8, 4) is 5.75 Å². The largest absolute Gasteiger partial charge is 0.458 e. The summed E-state index contributed by atoms with van der Waals surface area (Å²) >= 11 is 0. The molecular formula is C25H26N2O5S. The summed E-state index contributed by atoms with van der Waals surface area (Å²) in [4.78, 5) is 12.6. The van der Waals surface area contributed by atoms with Crippen LogP contribution in [0.15, 0.2) is 83.5 Å². The minimum Gasteiger partial charge on any atom is -0.458 e. The standard InChI is InChI=1S/C25H26N2O5S/c1-19-5-7-20(8-6-19)25(28)26-21-9-11-23(12-10-21)32-22-3-2-4-24(14-13-22)33(29,30)27-15-17-31-18-16-27/h3-14H,2,15-18H2,1H3,(H,26,28). The molecule has 4 rings (SSSR count). The minimum absolute atomic E-state index is 0.182. The lowest BCUT2D eigenvalue weighted by Crippen LogP contribution is -2.40. The Bertz CT molecular complexity index is 1190. The van der Waals surface area contributed by atoms with Crippen molar-refractivity contribution >= 4 is 21.6 Å². The maximum absolute atomic E-state index is 12.9. The van der Waals surface area contributed by atoms with Gasteiger partial charge in [0.2, 0.25) is 10.0 Å². The zero-order valence-corrected chi connectivity index (χ0v) is 19.2. The summed E-state index contributed by atoms with van der Waals surface area (Å²) in [5.41, 5.74) is 2.33. The van der Waals surface area contributed by atoms with Crippen LogP contribution in [0.2, 0.25) is 0 Å². The summed E-state index contributed by atoms with van der Waals surface area (Å²) in [5.74, 6) is 0.951. The van der Waals surface area contributed by atoms with E-state index >= 15 is 0 Å². The number of hydrogen-bond acceptors (Lipinski definition) is 5. The van der Waals surface area contributed by atoms with Crippen molar-refractivity contribution in [3.63, 3.8) is 0 Å². The van der Waals surface area contributed by atoms with E-state index in [0.717, 1.165) is 5.56 Å². The van der Waals surface area contributed by atoms with Crippen molar-refractivity contribution in [1.82, 2.24) is 4.31 Å². The first-order chi connectivity index (χ1) is 15.9. The summed E-state index contributed by atoms with van der Waals surface area (Å²) < 4.78 is 38.3. The molecule has 1 saturated heterocycles. The van der Waals surface area contributed by atoms with Gasteiger partial charge in [-0.15, -0.1) is 0 Å². The maximum atomic E-state index is 12.9. The van der Waals surface area contributed by atoms with Gasteiger partial charge in [0.15, 0.2) is 0 Å². The molecule has 1 N–H and O–H groups in total. The molecule has 1 heterocycles. The van der Waals surface area contributed by atoms with E-state index < -0.39 is 10.0 Å². The van der Waals surface area contributed by atoms with Crippen LogP contribution in [0.3, 0.4) is 0 Å². The lowest BCUT2D eigenvalue weighted by molar-refractivity contribution is 0.0734. The molecule has 0 radical (unpaired) electrons. The molecule has 8 heteroatoms. The van der Waals surface area contributed by atoms with Gasteiger partial charge < -0.3 is 14.8 Å². The van der Waals surface area contributed by atoms with Gasteiger partial charge >= 0.3 is 0 Å². The predicted octanol–water partition coefficient (Wildman–Crippen LogP) is 4.02. The maximum Gasteiger partial charge on any atom is 0.255 e. The molecule has 2 aromatic rings. The highest BCUT2D eigenvalue weighted by atomic mass is 32.2. The van der Waals surface area contributed by atoms with Crippen LogP contribution in [0, 0.1) is 6.92 Å². The van der Waals surface area contributed by atoms with Crippen LogP contribution >= 0.6 is 0 Å². The average Bonchev–Trinajstić information content (AvgIpc) is 3.07. The first kappa shape index (κ1) is 23.0. The highest BCUT2D eigenvalue weighted by Gasteiger charge is 2.27. The van der Waals surface area contributed by atoms with E-state index in [1.165, 1.54) is 4.31 Å². The third-order valence-corrected chi connectivity index (χ3v) is 7.26. The number of ether oxygens (including phenoxy) is 2. The van der Waals surface area contributed by atoms with Crippen LogP contribution in [0.1, 0.15) is 22.3 Å². The van der Waals surface area contributed by atoms with E-state index in [4.69, 9.17) is 9.47 Å². The zero-order valence-electron chi connectivity index (χ0n) is 18.4. The normalized spacial score (nSPS) is 17.0. The Morgan fingerprint density at radius 3 is 2.36 bits per heavy atom. The number of carbonyl (C=O) groups excluding carboxylic acids is 1. The fourth-order valence-corrected chi connectivity index (χ4v) is 4.92. The Balaban J connectivity index is 1.36. The van der Waals surface area contributed by atoms with Gasteiger partial charge in [-0.05, 0) is 68.0 Å². The molecule has 7 nitrogen and oxygen atoms in total. The molecule has 1 aliphatic carbocycles. The highest BCUT2D eigenvalue weighted by molar-refractivity contribution is 7.93. The first-order valence-electron chi connectivity index (χ1n) is 10.7. The Morgan fingerprint density at radius 2 is 1.67 bits per heavy atom. The van der Waals surface area contributed by atoms with Gasteiger partial charge in [0.05, 0.1) is 18.1 Å². The van der Waals surface area contributed by atoms with Crippen LogP contribution in [-0.4, -0.2) is 44.9 Å². The number of rotatable bonds is 6. The van der Waals surface area contributed by atoms with Crippen LogP contribution in [0.5, 0.6) is 5.75 Å². The summed E-state index contributed by atoms with van der Waals surface area (Å²) in [6.45, 7) is 3.50. The van der Waals surface area contributed by atoms with Crippen LogP contribution in [0.25, 0.3) is 0 Å². The highest BCUT2D eigenvalue weighted by Crippen LogP contribution is 2.23. The summed E-state index contributed by atoms with van der Waals surface area (Å²) in [7, 11) is -3.55. The van der Waals surface area contributed by atoms with Crippen LogP contribution in [0.4, 0.5) is 5.69 Å². The van der Waals surface area contributed by atoms with Crippen molar-refractivity contribution < 1.29 is 22.7 Å². The van der Waals surface area contributed by atoms with Gasteiger partial charge in [0.1, 0.15) is 11.5 Å². The Kier molecular flexibility index (Phi) is 7.08. The second-order valence-electron chi connectivity index (χ2n) is 7.75. The summed E-state index contributed by atoms with van der Waals surface area (Å²) in [5, 5.41) is 2.86. The molecule has 0 unspecified atom stereocenters. The smallest absolute Gasteiger partial charge is 0.255 e. The van der Waals surface area contributed by atoms with Crippen molar-refractivity contribution in [2.75, 3.05) is 31.6 Å². The van der Waals surface area contributed by atoms with Crippen LogP contribution in [-0.2, 0) is 14.8 Å². The minimum atomic E-state index is -3.55. The summed E-state index contributed by atoms with van der Waals surface area (Å²) in [6, 6.07) is 14.4. The molecule has 0 bridgehead atoms. The molecule has 0 aromatic heterocycles. The molecule has 1 amide bonds. The quantitative estimate of drug-likeness (QED) is 0.695. The average molecular weight is 467 g/mol. The third-order valence-electron chi connectivity index (χ3n) is 5.32. The number of allylic oxidation sites excluding steroid dienone is 4. The second-order valence-corrected chi connectivity index (χ2v) is 9.68. The SMILES string of the molecule is Cc1ccc(C(=O)Nc2ccc(OC3=CCC=C(S(=O)(=O)N4CCOCC4)C=C3)cc2)cc1. The van der Waals surface area contributed by atoms with Crippen molar-refractivity contribution in [2.24, 2.45) is 0 Å². The molecule has 1 aliphatic heterocycles. The van der Waals surface area contributed by atoms with Crippen molar-refractivity contribution in [3.05, 3.63) is 94.6 Å². The van der Waals surface area contributed by atoms with Gasteiger partial charge in [-0.1, -0.05) is 23.8 Å². The second kappa shape index (κ2) is 10.2. The Labute approximate surface area is 194 Å². The number of hydrogen-bond donors (Lipinski definition) is 1. The molecule has 0 atom stereocenters. The monoisotopic (exact) mass is 466 g/mol. The van der Waals surface area contributed by atoms with E-state index in [9.17, 15) is 13.2 Å². The van der Waals surface area contributed by atoms with Gasteiger partial charge in [-0.25, -0.2) is 8.42 Å². The zero-order chi connectivity index (χ0) is 23.3. The molecule has 1 fully saturated rings. The Hall–Kier alpha value is -3.20. The van der Waals surface area contributed by atoms with E-state index in [1.807, 2.05) is 25.1 Å². The predicted molar refractivity (Wildman–Crippen MR) is 127 cm³/mol. The molecule has 0 saturated carbocycles. The number of benzene rings is 2. The molecular weight excluding hydrogens is 440 g/mol. The van der Waals surface area contributed by atoms with Gasteiger partial charge in [-0.3, -0.25) is 4.79 Å². The van der Waals surface area contributed by atoms with Gasteiger partial charge in [0, 0.05) is 24.3 Å². The molecule has 2 aromatic carbocycles. The lowest BCUT2D eigenvalue weighted by Gasteiger charge is -2.26. The lowest BCUT2D eigenvalue weighted by atomic mass is 10.1. The van der Waals surface area contributed by atoms with E-state index in [1.54, 1.807) is 54.6 Å².